The zero-order valence-corrected chi connectivity index (χ0v) is 15.9. The maximum absolute atomic E-state index is 12.9. The van der Waals surface area contributed by atoms with Crippen LogP contribution in [-0.2, 0) is 9.59 Å². The van der Waals surface area contributed by atoms with Gasteiger partial charge in [0.2, 0.25) is 11.8 Å². The van der Waals surface area contributed by atoms with E-state index in [9.17, 15) is 9.59 Å². The van der Waals surface area contributed by atoms with Gasteiger partial charge in [0.1, 0.15) is 5.92 Å². The van der Waals surface area contributed by atoms with Crippen molar-refractivity contribution in [1.29, 1.82) is 0 Å². The molecule has 2 aliphatic heterocycles. The Balaban J connectivity index is 1.68. The van der Waals surface area contributed by atoms with Crippen LogP contribution in [0, 0.1) is 12.8 Å². The summed E-state index contributed by atoms with van der Waals surface area (Å²) in [6.45, 7) is 4.49. The molecule has 1 atom stereocenters. The molecule has 1 aromatic rings. The van der Waals surface area contributed by atoms with Crippen LogP contribution in [0.3, 0.4) is 0 Å². The van der Waals surface area contributed by atoms with E-state index < -0.39 is 5.92 Å². The third-order valence-corrected chi connectivity index (χ3v) is 5.96. The van der Waals surface area contributed by atoms with E-state index in [4.69, 9.17) is 11.6 Å². The maximum atomic E-state index is 12.9. The van der Waals surface area contributed by atoms with Gasteiger partial charge in [-0.15, -0.1) is 0 Å². The molecule has 5 nitrogen and oxygen atoms in total. The molecule has 0 aromatic heterocycles. The van der Waals surface area contributed by atoms with Crippen LogP contribution < -0.4 is 4.90 Å². The highest BCUT2D eigenvalue weighted by Gasteiger charge is 2.40. The Morgan fingerprint density at radius 1 is 1.20 bits per heavy atom. The van der Waals surface area contributed by atoms with Crippen molar-refractivity contribution >= 4 is 29.1 Å². The molecule has 0 aliphatic carbocycles. The van der Waals surface area contributed by atoms with E-state index in [0.717, 1.165) is 37.2 Å². The largest absolute Gasteiger partial charge is 0.342 e. The van der Waals surface area contributed by atoms with Crippen molar-refractivity contribution in [1.82, 2.24) is 9.80 Å². The molecular formula is C19H26ClN3O2. The Morgan fingerprint density at radius 2 is 1.88 bits per heavy atom. The van der Waals surface area contributed by atoms with Crippen LogP contribution in [0.5, 0.6) is 0 Å². The first kappa shape index (κ1) is 18.2. The van der Waals surface area contributed by atoms with Crippen molar-refractivity contribution in [3.63, 3.8) is 0 Å². The minimum absolute atomic E-state index is 0.0345. The maximum Gasteiger partial charge on any atom is 0.239 e. The summed E-state index contributed by atoms with van der Waals surface area (Å²) in [6.07, 6.45) is 2.52. The summed E-state index contributed by atoms with van der Waals surface area (Å²) in [4.78, 5) is 31.5. The van der Waals surface area contributed by atoms with Crippen LogP contribution in [-0.4, -0.2) is 61.4 Å². The van der Waals surface area contributed by atoms with Gasteiger partial charge in [-0.2, -0.15) is 0 Å². The lowest BCUT2D eigenvalue weighted by Crippen LogP contribution is -2.47. The third-order valence-electron chi connectivity index (χ3n) is 5.54. The molecule has 2 aliphatic rings. The Labute approximate surface area is 154 Å². The summed E-state index contributed by atoms with van der Waals surface area (Å²) in [5.41, 5.74) is 1.76. The summed E-state index contributed by atoms with van der Waals surface area (Å²) in [6, 6.07) is 5.80. The molecule has 136 valence electrons. The minimum Gasteiger partial charge on any atom is -0.342 e. The number of benzene rings is 1. The van der Waals surface area contributed by atoms with E-state index in [1.807, 2.05) is 31.0 Å². The highest BCUT2D eigenvalue weighted by Crippen LogP contribution is 2.30. The van der Waals surface area contributed by atoms with Crippen LogP contribution in [0.1, 0.15) is 24.8 Å². The fourth-order valence-electron chi connectivity index (χ4n) is 3.77. The van der Waals surface area contributed by atoms with Gasteiger partial charge in [0.25, 0.3) is 0 Å². The molecule has 0 saturated carbocycles. The van der Waals surface area contributed by atoms with E-state index in [-0.39, 0.29) is 17.9 Å². The molecule has 0 spiro atoms. The monoisotopic (exact) mass is 363 g/mol. The average molecular weight is 364 g/mol. The van der Waals surface area contributed by atoms with Gasteiger partial charge in [-0.05, 0) is 70.1 Å². The van der Waals surface area contributed by atoms with Crippen LogP contribution in [0.15, 0.2) is 18.2 Å². The molecule has 0 bridgehead atoms. The molecule has 25 heavy (non-hydrogen) atoms. The first-order valence-corrected chi connectivity index (χ1v) is 9.29. The number of hydrogen-bond acceptors (Lipinski definition) is 3. The normalized spacial score (nSPS) is 22.5. The summed E-state index contributed by atoms with van der Waals surface area (Å²) in [5, 5.41) is 0.685. The van der Waals surface area contributed by atoms with Crippen LogP contribution in [0.2, 0.25) is 5.02 Å². The van der Waals surface area contributed by atoms with Gasteiger partial charge in [-0.1, -0.05) is 11.6 Å². The Hall–Kier alpha value is -1.59. The summed E-state index contributed by atoms with van der Waals surface area (Å²) >= 11 is 6.07. The lowest BCUT2D eigenvalue weighted by Gasteiger charge is -2.36. The molecule has 0 radical (unpaired) electrons. The standard InChI is InChI=1S/C19H26ClN3O2/c1-13-12-15(4-5-17(13)20)23-11-8-16(19(23)25)18(24)22(3)14-6-9-21(2)10-7-14/h4-5,12,14,16H,6-11H2,1-3H3. The average Bonchev–Trinajstić information content (AvgIpc) is 2.98. The zero-order valence-electron chi connectivity index (χ0n) is 15.2. The van der Waals surface area contributed by atoms with Crippen molar-refractivity contribution in [3.05, 3.63) is 28.8 Å². The molecule has 1 aromatic carbocycles. The minimum atomic E-state index is -0.555. The molecule has 6 heteroatoms. The number of likely N-dealkylation sites (tertiary alicyclic amines) is 1. The molecule has 3 rings (SSSR count). The van der Waals surface area contributed by atoms with Crippen LogP contribution in [0.4, 0.5) is 5.69 Å². The van der Waals surface area contributed by atoms with E-state index in [2.05, 4.69) is 11.9 Å². The van der Waals surface area contributed by atoms with Crippen molar-refractivity contribution in [2.75, 3.05) is 38.6 Å². The van der Waals surface area contributed by atoms with Gasteiger partial charge in [-0.3, -0.25) is 9.59 Å². The highest BCUT2D eigenvalue weighted by atomic mass is 35.5. The summed E-state index contributed by atoms with van der Waals surface area (Å²) in [7, 11) is 3.95. The first-order chi connectivity index (χ1) is 11.9. The number of halogens is 1. The van der Waals surface area contributed by atoms with E-state index in [0.29, 0.717) is 18.0 Å². The smallest absolute Gasteiger partial charge is 0.239 e. The molecular weight excluding hydrogens is 338 g/mol. The highest BCUT2D eigenvalue weighted by molar-refractivity contribution is 6.31. The predicted octanol–water partition coefficient (Wildman–Crippen LogP) is 2.55. The second-order valence-corrected chi connectivity index (χ2v) is 7.66. The SMILES string of the molecule is Cc1cc(N2CCC(C(=O)N(C)C3CCN(C)CC3)C2=O)ccc1Cl. The van der Waals surface area contributed by atoms with E-state index in [1.165, 1.54) is 0 Å². The summed E-state index contributed by atoms with van der Waals surface area (Å²) in [5.74, 6) is -0.681. The fraction of sp³-hybridized carbons (Fsp3) is 0.579. The molecule has 2 heterocycles. The molecule has 2 amide bonds. The topological polar surface area (TPSA) is 43.9 Å². The van der Waals surface area contributed by atoms with Crippen molar-refractivity contribution in [3.8, 4) is 0 Å². The number of aryl methyl sites for hydroxylation is 1. The van der Waals surface area contributed by atoms with E-state index >= 15 is 0 Å². The Morgan fingerprint density at radius 3 is 2.52 bits per heavy atom. The number of nitrogens with zero attached hydrogens (tertiary/aromatic N) is 3. The second-order valence-electron chi connectivity index (χ2n) is 7.25. The molecule has 2 saturated heterocycles. The number of anilines is 1. The number of amides is 2. The van der Waals surface area contributed by atoms with Gasteiger partial charge in [0.05, 0.1) is 0 Å². The Kier molecular flexibility index (Phi) is 5.35. The van der Waals surface area contributed by atoms with E-state index in [1.54, 1.807) is 11.0 Å². The van der Waals surface area contributed by atoms with Gasteiger partial charge in [0.15, 0.2) is 0 Å². The van der Waals surface area contributed by atoms with Crippen molar-refractivity contribution in [2.24, 2.45) is 5.92 Å². The van der Waals surface area contributed by atoms with Crippen LogP contribution in [0.25, 0.3) is 0 Å². The number of rotatable bonds is 3. The molecule has 1 unspecified atom stereocenters. The zero-order chi connectivity index (χ0) is 18.1. The summed E-state index contributed by atoms with van der Waals surface area (Å²) < 4.78 is 0. The molecule has 0 N–H and O–H groups in total. The lowest BCUT2D eigenvalue weighted by molar-refractivity contribution is -0.141. The second kappa shape index (κ2) is 7.34. The number of hydrogen-bond donors (Lipinski definition) is 0. The van der Waals surface area contributed by atoms with Crippen LogP contribution >= 0.6 is 11.6 Å². The van der Waals surface area contributed by atoms with Crippen molar-refractivity contribution < 1.29 is 9.59 Å². The first-order valence-electron chi connectivity index (χ1n) is 8.91. The van der Waals surface area contributed by atoms with Crippen molar-refractivity contribution in [2.45, 2.75) is 32.2 Å². The van der Waals surface area contributed by atoms with Gasteiger partial charge in [0, 0.05) is 30.3 Å². The predicted molar refractivity (Wildman–Crippen MR) is 99.9 cm³/mol. The quantitative estimate of drug-likeness (QED) is 0.775. The number of piperidine rings is 1. The fourth-order valence-corrected chi connectivity index (χ4v) is 3.89. The number of carbonyl (C=O) groups is 2. The van der Waals surface area contributed by atoms with Gasteiger partial charge < -0.3 is 14.7 Å². The number of carbonyl (C=O) groups excluding carboxylic acids is 2. The lowest BCUT2D eigenvalue weighted by atomic mass is 10.0. The third kappa shape index (κ3) is 3.67. The van der Waals surface area contributed by atoms with Gasteiger partial charge >= 0.3 is 0 Å². The Bertz CT molecular complexity index is 671. The molecule has 2 fully saturated rings. The van der Waals surface area contributed by atoms with Gasteiger partial charge in [-0.25, -0.2) is 0 Å².